The number of hydrogen-bond donors (Lipinski definition) is 2. The monoisotopic (exact) mass is 392 g/mol. The van der Waals surface area contributed by atoms with E-state index in [1.807, 2.05) is 19.1 Å². The lowest BCUT2D eigenvalue weighted by molar-refractivity contribution is 0.102. The molecule has 0 fully saturated rings. The standard InChI is InChI=1S/C23H25FN4O/c1-4-28(5-2)20-10-12-21(16(3)13-20)27-23(29)22-11-9-19(15-25-22)26-18-8-6-7-17(24)14-18/h6-15,26H,4-5H2,1-3H3,(H,27,29). The lowest BCUT2D eigenvalue weighted by Gasteiger charge is -2.22. The Labute approximate surface area is 170 Å². The first kappa shape index (κ1) is 20.3. The van der Waals surface area contributed by atoms with E-state index in [1.54, 1.807) is 30.5 Å². The first-order valence-electron chi connectivity index (χ1n) is 9.65. The summed E-state index contributed by atoms with van der Waals surface area (Å²) in [4.78, 5) is 19.0. The Morgan fingerprint density at radius 1 is 1.03 bits per heavy atom. The van der Waals surface area contributed by atoms with Crippen molar-refractivity contribution >= 4 is 28.7 Å². The van der Waals surface area contributed by atoms with E-state index in [2.05, 4.69) is 40.4 Å². The van der Waals surface area contributed by atoms with Crippen LogP contribution in [0.15, 0.2) is 60.8 Å². The lowest BCUT2D eigenvalue weighted by atomic mass is 10.1. The number of aromatic nitrogens is 1. The Kier molecular flexibility index (Phi) is 6.44. The number of nitrogens with one attached hydrogen (secondary N) is 2. The van der Waals surface area contributed by atoms with Gasteiger partial charge in [0, 0.05) is 30.2 Å². The number of benzene rings is 2. The number of pyridine rings is 1. The van der Waals surface area contributed by atoms with Gasteiger partial charge in [-0.25, -0.2) is 9.37 Å². The van der Waals surface area contributed by atoms with Gasteiger partial charge in [-0.15, -0.1) is 0 Å². The molecule has 0 saturated heterocycles. The molecule has 29 heavy (non-hydrogen) atoms. The average molecular weight is 392 g/mol. The highest BCUT2D eigenvalue weighted by Gasteiger charge is 2.11. The molecular formula is C23H25FN4O. The van der Waals surface area contributed by atoms with Crippen molar-refractivity contribution in [2.45, 2.75) is 20.8 Å². The summed E-state index contributed by atoms with van der Waals surface area (Å²) in [6.45, 7) is 8.07. The highest BCUT2D eigenvalue weighted by Crippen LogP contribution is 2.23. The van der Waals surface area contributed by atoms with Crippen LogP contribution in [0.25, 0.3) is 0 Å². The molecule has 0 aliphatic heterocycles. The molecule has 0 aliphatic rings. The van der Waals surface area contributed by atoms with Crippen LogP contribution in [-0.4, -0.2) is 24.0 Å². The number of carbonyl (C=O) groups is 1. The van der Waals surface area contributed by atoms with E-state index < -0.39 is 0 Å². The van der Waals surface area contributed by atoms with E-state index in [0.717, 1.165) is 30.0 Å². The number of nitrogens with zero attached hydrogens (tertiary/aromatic N) is 2. The molecule has 0 aliphatic carbocycles. The predicted octanol–water partition coefficient (Wildman–Crippen LogP) is 5.37. The number of halogens is 1. The summed E-state index contributed by atoms with van der Waals surface area (Å²) in [5, 5.41) is 5.97. The largest absolute Gasteiger partial charge is 0.372 e. The Morgan fingerprint density at radius 2 is 1.83 bits per heavy atom. The van der Waals surface area contributed by atoms with Crippen molar-refractivity contribution in [2.24, 2.45) is 0 Å². The third kappa shape index (κ3) is 5.10. The first-order chi connectivity index (χ1) is 14.0. The van der Waals surface area contributed by atoms with E-state index in [9.17, 15) is 9.18 Å². The van der Waals surface area contributed by atoms with Crippen LogP contribution >= 0.6 is 0 Å². The molecule has 0 bridgehead atoms. The molecule has 0 atom stereocenters. The van der Waals surface area contributed by atoms with E-state index in [0.29, 0.717) is 17.1 Å². The summed E-state index contributed by atoms with van der Waals surface area (Å²) in [6, 6.07) is 15.5. The zero-order valence-electron chi connectivity index (χ0n) is 16.9. The summed E-state index contributed by atoms with van der Waals surface area (Å²) in [5.74, 6) is -0.595. The van der Waals surface area contributed by atoms with Gasteiger partial charge in [-0.1, -0.05) is 6.07 Å². The van der Waals surface area contributed by atoms with Gasteiger partial charge in [-0.3, -0.25) is 4.79 Å². The number of anilines is 4. The van der Waals surface area contributed by atoms with Crippen LogP contribution in [0.3, 0.4) is 0 Å². The fraction of sp³-hybridized carbons (Fsp3) is 0.217. The fourth-order valence-electron chi connectivity index (χ4n) is 3.09. The van der Waals surface area contributed by atoms with E-state index in [-0.39, 0.29) is 11.7 Å². The number of rotatable bonds is 7. The van der Waals surface area contributed by atoms with Crippen LogP contribution in [0, 0.1) is 12.7 Å². The summed E-state index contributed by atoms with van der Waals surface area (Å²) in [7, 11) is 0. The van der Waals surface area contributed by atoms with Gasteiger partial charge in [-0.05, 0) is 74.9 Å². The Balaban J connectivity index is 1.68. The van der Waals surface area contributed by atoms with Gasteiger partial charge in [0.2, 0.25) is 0 Å². The van der Waals surface area contributed by atoms with Crippen LogP contribution in [-0.2, 0) is 0 Å². The van der Waals surface area contributed by atoms with Crippen LogP contribution in [0.5, 0.6) is 0 Å². The lowest BCUT2D eigenvalue weighted by Crippen LogP contribution is -2.22. The van der Waals surface area contributed by atoms with E-state index in [1.165, 1.54) is 12.1 Å². The molecule has 5 nitrogen and oxygen atoms in total. The second kappa shape index (κ2) is 9.19. The van der Waals surface area contributed by atoms with Gasteiger partial charge in [0.05, 0.1) is 11.9 Å². The predicted molar refractivity (Wildman–Crippen MR) is 117 cm³/mol. The van der Waals surface area contributed by atoms with Gasteiger partial charge < -0.3 is 15.5 Å². The quantitative estimate of drug-likeness (QED) is 0.567. The third-order valence-corrected chi connectivity index (χ3v) is 4.70. The topological polar surface area (TPSA) is 57.3 Å². The third-order valence-electron chi connectivity index (χ3n) is 4.70. The van der Waals surface area contributed by atoms with Crippen molar-refractivity contribution in [3.8, 4) is 0 Å². The molecule has 0 radical (unpaired) electrons. The van der Waals surface area contributed by atoms with Gasteiger partial charge in [-0.2, -0.15) is 0 Å². The molecule has 2 aromatic carbocycles. The second-order valence-electron chi connectivity index (χ2n) is 6.69. The summed E-state index contributed by atoms with van der Waals surface area (Å²) >= 11 is 0. The molecule has 0 spiro atoms. The van der Waals surface area contributed by atoms with E-state index >= 15 is 0 Å². The molecular weight excluding hydrogens is 367 g/mol. The normalized spacial score (nSPS) is 10.5. The fourth-order valence-corrected chi connectivity index (χ4v) is 3.09. The van der Waals surface area contributed by atoms with Crippen LogP contribution in [0.1, 0.15) is 29.9 Å². The summed E-state index contributed by atoms with van der Waals surface area (Å²) in [6.07, 6.45) is 1.55. The molecule has 1 heterocycles. The number of hydrogen-bond acceptors (Lipinski definition) is 4. The molecule has 2 N–H and O–H groups in total. The SMILES string of the molecule is CCN(CC)c1ccc(NC(=O)c2ccc(Nc3cccc(F)c3)cn2)c(C)c1. The Bertz CT molecular complexity index is 984. The number of aryl methyl sites for hydroxylation is 1. The van der Waals surface area contributed by atoms with Gasteiger partial charge in [0.25, 0.3) is 5.91 Å². The van der Waals surface area contributed by atoms with Crippen molar-refractivity contribution in [3.63, 3.8) is 0 Å². The minimum atomic E-state index is -0.318. The van der Waals surface area contributed by atoms with Crippen LogP contribution in [0.4, 0.5) is 27.1 Å². The van der Waals surface area contributed by atoms with Crippen molar-refractivity contribution in [1.29, 1.82) is 0 Å². The minimum Gasteiger partial charge on any atom is -0.372 e. The second-order valence-corrected chi connectivity index (χ2v) is 6.69. The summed E-state index contributed by atoms with van der Waals surface area (Å²) < 4.78 is 13.3. The van der Waals surface area contributed by atoms with Crippen molar-refractivity contribution < 1.29 is 9.18 Å². The molecule has 3 aromatic rings. The highest BCUT2D eigenvalue weighted by atomic mass is 19.1. The van der Waals surface area contributed by atoms with Crippen LogP contribution < -0.4 is 15.5 Å². The smallest absolute Gasteiger partial charge is 0.274 e. The molecule has 150 valence electrons. The minimum absolute atomic E-state index is 0.277. The maximum atomic E-state index is 13.3. The highest BCUT2D eigenvalue weighted by molar-refractivity contribution is 6.03. The van der Waals surface area contributed by atoms with E-state index in [4.69, 9.17) is 0 Å². The van der Waals surface area contributed by atoms with Gasteiger partial charge >= 0.3 is 0 Å². The van der Waals surface area contributed by atoms with Crippen molar-refractivity contribution in [2.75, 3.05) is 28.6 Å². The molecule has 0 unspecified atom stereocenters. The van der Waals surface area contributed by atoms with Crippen LogP contribution in [0.2, 0.25) is 0 Å². The Morgan fingerprint density at radius 3 is 2.45 bits per heavy atom. The Hall–Kier alpha value is -3.41. The number of amides is 1. The molecule has 6 heteroatoms. The molecule has 0 saturated carbocycles. The molecule has 3 rings (SSSR count). The zero-order valence-corrected chi connectivity index (χ0v) is 16.9. The molecule has 1 aromatic heterocycles. The first-order valence-corrected chi connectivity index (χ1v) is 9.65. The average Bonchev–Trinajstić information content (AvgIpc) is 2.71. The maximum Gasteiger partial charge on any atom is 0.274 e. The van der Waals surface area contributed by atoms with Crippen molar-refractivity contribution in [3.05, 3.63) is 77.9 Å². The maximum absolute atomic E-state index is 13.3. The molecule has 1 amide bonds. The summed E-state index contributed by atoms with van der Waals surface area (Å²) in [5.41, 5.74) is 4.49. The van der Waals surface area contributed by atoms with Crippen molar-refractivity contribution in [1.82, 2.24) is 4.98 Å². The van der Waals surface area contributed by atoms with Gasteiger partial charge in [0.15, 0.2) is 0 Å². The van der Waals surface area contributed by atoms with Gasteiger partial charge in [0.1, 0.15) is 11.5 Å². The zero-order chi connectivity index (χ0) is 20.8. The number of carbonyl (C=O) groups excluding carboxylic acids is 1.